The Kier molecular flexibility index (Phi) is 4.57. The van der Waals surface area contributed by atoms with Crippen LogP contribution in [0.4, 0.5) is 0 Å². The minimum Gasteiger partial charge on any atom is -0.497 e. The number of aliphatic imine (C=N–C) groups is 1. The summed E-state index contributed by atoms with van der Waals surface area (Å²) in [6, 6.07) is 11.7. The van der Waals surface area contributed by atoms with Crippen LogP contribution in [-0.2, 0) is 6.42 Å². The Morgan fingerprint density at radius 3 is 2.60 bits per heavy atom. The lowest BCUT2D eigenvalue weighted by molar-refractivity contribution is 0.100. The number of nitrogens with two attached hydrogens (primary N) is 2. The van der Waals surface area contributed by atoms with Crippen molar-refractivity contribution in [1.29, 1.82) is 0 Å². The highest BCUT2D eigenvalue weighted by atomic mass is 16.5. The molecule has 0 heterocycles. The SMILES string of the molecule is COc1ccc(C2=CCCc3ccc(C(=O)N=C(N)N)cc32)c(C)c1. The van der Waals surface area contributed by atoms with Crippen molar-refractivity contribution >= 4 is 17.4 Å². The van der Waals surface area contributed by atoms with E-state index in [2.05, 4.69) is 24.1 Å². The zero-order valence-electron chi connectivity index (χ0n) is 14.4. The number of carbonyl (C=O) groups excluding carboxylic acids is 1. The molecule has 3 rings (SSSR count). The maximum Gasteiger partial charge on any atom is 0.280 e. The van der Waals surface area contributed by atoms with Gasteiger partial charge in [0, 0.05) is 5.56 Å². The van der Waals surface area contributed by atoms with Crippen molar-refractivity contribution in [3.8, 4) is 5.75 Å². The third-order valence-electron chi connectivity index (χ3n) is 4.36. The number of benzene rings is 2. The summed E-state index contributed by atoms with van der Waals surface area (Å²) >= 11 is 0. The van der Waals surface area contributed by atoms with Crippen LogP contribution in [0.2, 0.25) is 0 Å². The van der Waals surface area contributed by atoms with E-state index in [4.69, 9.17) is 16.2 Å². The first kappa shape index (κ1) is 16.8. The number of ether oxygens (including phenoxy) is 1. The van der Waals surface area contributed by atoms with Gasteiger partial charge >= 0.3 is 0 Å². The van der Waals surface area contributed by atoms with Gasteiger partial charge in [-0.2, -0.15) is 4.99 Å². The summed E-state index contributed by atoms with van der Waals surface area (Å²) in [6.45, 7) is 2.06. The van der Waals surface area contributed by atoms with E-state index < -0.39 is 5.91 Å². The molecule has 0 radical (unpaired) electrons. The summed E-state index contributed by atoms with van der Waals surface area (Å²) in [5.74, 6) is 0.165. The Morgan fingerprint density at radius 2 is 1.92 bits per heavy atom. The van der Waals surface area contributed by atoms with Crippen LogP contribution in [0.3, 0.4) is 0 Å². The molecule has 25 heavy (non-hydrogen) atoms. The van der Waals surface area contributed by atoms with Crippen molar-refractivity contribution in [3.05, 3.63) is 70.3 Å². The molecule has 4 N–H and O–H groups in total. The van der Waals surface area contributed by atoms with Gasteiger partial charge in [0.1, 0.15) is 5.75 Å². The Balaban J connectivity index is 2.07. The molecule has 5 heteroatoms. The van der Waals surface area contributed by atoms with Gasteiger partial charge in [0.2, 0.25) is 0 Å². The number of carbonyl (C=O) groups is 1. The molecule has 1 amide bonds. The lowest BCUT2D eigenvalue weighted by atomic mass is 9.84. The van der Waals surface area contributed by atoms with Gasteiger partial charge in [-0.1, -0.05) is 18.2 Å². The number of nitrogens with zero attached hydrogens (tertiary/aromatic N) is 1. The third kappa shape index (κ3) is 3.40. The zero-order chi connectivity index (χ0) is 18.0. The monoisotopic (exact) mass is 335 g/mol. The standard InChI is InChI=1S/C20H21N3O2/c1-12-10-15(25-2)8-9-16(12)17-5-3-4-13-6-7-14(11-18(13)17)19(24)23-20(21)22/h5-11H,3-4H2,1-2H3,(H4,21,22,23,24). The fraction of sp³-hybridized carbons (Fsp3) is 0.200. The molecule has 2 aromatic carbocycles. The number of hydrogen-bond acceptors (Lipinski definition) is 2. The largest absolute Gasteiger partial charge is 0.497 e. The second-order valence-corrected chi connectivity index (χ2v) is 6.05. The van der Waals surface area contributed by atoms with Gasteiger partial charge in [0.05, 0.1) is 7.11 Å². The smallest absolute Gasteiger partial charge is 0.280 e. The minimum absolute atomic E-state index is 0.232. The van der Waals surface area contributed by atoms with Crippen molar-refractivity contribution in [2.24, 2.45) is 16.5 Å². The van der Waals surface area contributed by atoms with Gasteiger partial charge in [-0.05, 0) is 71.9 Å². The van der Waals surface area contributed by atoms with E-state index in [-0.39, 0.29) is 5.96 Å². The Hall–Kier alpha value is -3.08. The molecule has 2 aromatic rings. The number of guanidine groups is 1. The number of rotatable bonds is 3. The number of aryl methyl sites for hydroxylation is 2. The van der Waals surface area contributed by atoms with Crippen LogP contribution in [-0.4, -0.2) is 19.0 Å². The predicted molar refractivity (Wildman–Crippen MR) is 99.7 cm³/mol. The molecule has 0 saturated carbocycles. The van der Waals surface area contributed by atoms with Crippen molar-refractivity contribution in [1.82, 2.24) is 0 Å². The number of amides is 1. The Labute approximate surface area is 147 Å². The second-order valence-electron chi connectivity index (χ2n) is 6.05. The van der Waals surface area contributed by atoms with Gasteiger partial charge < -0.3 is 16.2 Å². The van der Waals surface area contributed by atoms with Crippen LogP contribution >= 0.6 is 0 Å². The van der Waals surface area contributed by atoms with Gasteiger partial charge in [-0.25, -0.2) is 0 Å². The average Bonchev–Trinajstić information content (AvgIpc) is 2.60. The first-order chi connectivity index (χ1) is 12.0. The molecule has 0 spiro atoms. The summed E-state index contributed by atoms with van der Waals surface area (Å²) < 4.78 is 5.29. The summed E-state index contributed by atoms with van der Waals surface area (Å²) in [7, 11) is 1.66. The predicted octanol–water partition coefficient (Wildman–Crippen LogP) is 2.80. The molecule has 0 atom stereocenters. The molecule has 0 unspecified atom stereocenters. The van der Waals surface area contributed by atoms with Crippen LogP contribution in [0.15, 0.2) is 47.5 Å². The summed E-state index contributed by atoms with van der Waals surface area (Å²) in [4.78, 5) is 15.8. The molecular formula is C20H21N3O2. The van der Waals surface area contributed by atoms with Gasteiger partial charge in [-0.3, -0.25) is 4.79 Å². The fourth-order valence-corrected chi connectivity index (χ4v) is 3.16. The molecule has 128 valence electrons. The van der Waals surface area contributed by atoms with E-state index >= 15 is 0 Å². The molecule has 1 aliphatic rings. The van der Waals surface area contributed by atoms with Crippen molar-refractivity contribution < 1.29 is 9.53 Å². The minimum atomic E-state index is -0.431. The maximum atomic E-state index is 12.2. The maximum absolute atomic E-state index is 12.2. The average molecular weight is 335 g/mol. The summed E-state index contributed by atoms with van der Waals surface area (Å²) in [5.41, 5.74) is 16.8. The summed E-state index contributed by atoms with van der Waals surface area (Å²) in [5, 5.41) is 0. The van der Waals surface area contributed by atoms with E-state index in [1.165, 1.54) is 5.56 Å². The third-order valence-corrected chi connectivity index (χ3v) is 4.36. The lowest BCUT2D eigenvalue weighted by Gasteiger charge is -2.20. The van der Waals surface area contributed by atoms with E-state index in [1.807, 2.05) is 24.3 Å². The summed E-state index contributed by atoms with van der Waals surface area (Å²) in [6.07, 6.45) is 4.13. The highest BCUT2D eigenvalue weighted by Gasteiger charge is 2.18. The molecule has 0 aromatic heterocycles. The Bertz CT molecular complexity index is 894. The van der Waals surface area contributed by atoms with Crippen molar-refractivity contribution in [3.63, 3.8) is 0 Å². The molecule has 0 saturated heterocycles. The lowest BCUT2D eigenvalue weighted by Crippen LogP contribution is -2.24. The molecule has 1 aliphatic carbocycles. The number of hydrogen-bond donors (Lipinski definition) is 2. The molecule has 0 fully saturated rings. The highest BCUT2D eigenvalue weighted by molar-refractivity contribution is 6.02. The van der Waals surface area contributed by atoms with E-state index in [9.17, 15) is 4.79 Å². The fourth-order valence-electron chi connectivity index (χ4n) is 3.16. The van der Waals surface area contributed by atoms with Gasteiger partial charge in [-0.15, -0.1) is 0 Å². The first-order valence-electron chi connectivity index (χ1n) is 8.12. The van der Waals surface area contributed by atoms with Crippen LogP contribution < -0.4 is 16.2 Å². The molecule has 0 aliphatic heterocycles. The van der Waals surface area contributed by atoms with Crippen LogP contribution in [0.5, 0.6) is 5.75 Å². The van der Waals surface area contributed by atoms with Crippen LogP contribution in [0, 0.1) is 6.92 Å². The normalized spacial score (nSPS) is 12.8. The highest BCUT2D eigenvalue weighted by Crippen LogP contribution is 2.35. The molecular weight excluding hydrogens is 314 g/mol. The van der Waals surface area contributed by atoms with Crippen molar-refractivity contribution in [2.45, 2.75) is 19.8 Å². The van der Waals surface area contributed by atoms with Crippen LogP contribution in [0.1, 0.15) is 39.0 Å². The number of fused-ring (bicyclic) bond motifs is 1. The van der Waals surface area contributed by atoms with Crippen molar-refractivity contribution in [2.75, 3.05) is 7.11 Å². The van der Waals surface area contributed by atoms with Crippen LogP contribution in [0.25, 0.3) is 5.57 Å². The second kappa shape index (κ2) is 6.81. The first-order valence-corrected chi connectivity index (χ1v) is 8.12. The number of allylic oxidation sites excluding steroid dienone is 1. The zero-order valence-corrected chi connectivity index (χ0v) is 14.4. The van der Waals surface area contributed by atoms with E-state index in [0.717, 1.165) is 40.9 Å². The van der Waals surface area contributed by atoms with Gasteiger partial charge in [0.15, 0.2) is 5.96 Å². The van der Waals surface area contributed by atoms with E-state index in [1.54, 1.807) is 13.2 Å². The Morgan fingerprint density at radius 1 is 1.12 bits per heavy atom. The topological polar surface area (TPSA) is 90.7 Å². The van der Waals surface area contributed by atoms with E-state index in [0.29, 0.717) is 5.56 Å². The quantitative estimate of drug-likeness (QED) is 0.666. The number of methoxy groups -OCH3 is 1. The molecule has 0 bridgehead atoms. The molecule has 5 nitrogen and oxygen atoms in total. The van der Waals surface area contributed by atoms with Gasteiger partial charge in [0.25, 0.3) is 5.91 Å².